The molecule has 1 atom stereocenters. The van der Waals surface area contributed by atoms with Crippen LogP contribution in [-0.2, 0) is 0 Å². The maximum absolute atomic E-state index is 12.7. The number of anilines is 1. The summed E-state index contributed by atoms with van der Waals surface area (Å²) in [6, 6.07) is 5.61. The summed E-state index contributed by atoms with van der Waals surface area (Å²) in [6.07, 6.45) is 0.480. The van der Waals surface area contributed by atoms with Gasteiger partial charge in [-0.25, -0.2) is 9.97 Å². The summed E-state index contributed by atoms with van der Waals surface area (Å²) >= 11 is 0. The molecule has 2 aliphatic rings. The van der Waals surface area contributed by atoms with E-state index >= 15 is 0 Å². The SMILES string of the molecule is CN(c1ncc(C(=O)NC[C@](C)(O)C2CC2)nc1-c1ccc(OC(F)(F)F)cc1)C1CC1. The molecule has 0 unspecified atom stereocenters. The average Bonchev–Trinajstić information content (AvgIpc) is 3.63. The molecular formula is C22H25F3N4O3. The van der Waals surface area contributed by atoms with Crippen LogP contribution in [0.3, 0.4) is 0 Å². The van der Waals surface area contributed by atoms with Crippen molar-refractivity contribution < 1.29 is 27.8 Å². The first-order valence-electron chi connectivity index (χ1n) is 10.5. The van der Waals surface area contributed by atoms with Crippen LogP contribution >= 0.6 is 0 Å². The van der Waals surface area contributed by atoms with Gasteiger partial charge in [-0.15, -0.1) is 13.2 Å². The van der Waals surface area contributed by atoms with E-state index in [9.17, 15) is 23.1 Å². The first-order valence-corrected chi connectivity index (χ1v) is 10.5. The number of rotatable bonds is 8. The fraction of sp³-hybridized carbons (Fsp3) is 0.500. The lowest BCUT2D eigenvalue weighted by atomic mass is 10.0. The predicted molar refractivity (Wildman–Crippen MR) is 111 cm³/mol. The second-order valence-corrected chi connectivity index (χ2v) is 8.66. The normalized spacial score (nSPS) is 18.1. The topological polar surface area (TPSA) is 87.6 Å². The number of aromatic nitrogens is 2. The van der Waals surface area contributed by atoms with Crippen LogP contribution in [0.25, 0.3) is 11.3 Å². The fourth-order valence-electron chi connectivity index (χ4n) is 3.59. The molecule has 1 amide bonds. The van der Waals surface area contributed by atoms with Crippen molar-refractivity contribution in [1.29, 1.82) is 0 Å². The summed E-state index contributed by atoms with van der Waals surface area (Å²) in [5, 5.41) is 13.1. The zero-order valence-corrected chi connectivity index (χ0v) is 17.8. The Morgan fingerprint density at radius 1 is 1.22 bits per heavy atom. The van der Waals surface area contributed by atoms with Crippen LogP contribution in [0.1, 0.15) is 43.1 Å². The molecule has 32 heavy (non-hydrogen) atoms. The minimum Gasteiger partial charge on any atom is -0.406 e. The molecule has 172 valence electrons. The van der Waals surface area contributed by atoms with E-state index in [1.807, 2.05) is 11.9 Å². The van der Waals surface area contributed by atoms with Gasteiger partial charge in [-0.1, -0.05) is 0 Å². The van der Waals surface area contributed by atoms with Crippen LogP contribution in [0.5, 0.6) is 5.75 Å². The number of alkyl halides is 3. The van der Waals surface area contributed by atoms with E-state index in [1.165, 1.54) is 30.5 Å². The molecule has 10 heteroatoms. The van der Waals surface area contributed by atoms with Crippen molar-refractivity contribution in [3.63, 3.8) is 0 Å². The lowest BCUT2D eigenvalue weighted by Gasteiger charge is -2.23. The van der Waals surface area contributed by atoms with Gasteiger partial charge in [0.2, 0.25) is 0 Å². The number of nitrogens with zero attached hydrogens (tertiary/aromatic N) is 3. The number of ether oxygens (including phenoxy) is 1. The van der Waals surface area contributed by atoms with Gasteiger partial charge in [0.1, 0.15) is 17.1 Å². The molecule has 0 saturated heterocycles. The fourth-order valence-corrected chi connectivity index (χ4v) is 3.59. The smallest absolute Gasteiger partial charge is 0.406 e. The first kappa shape index (κ1) is 22.3. The number of halogens is 3. The summed E-state index contributed by atoms with van der Waals surface area (Å²) in [6.45, 7) is 1.79. The standard InChI is InChI=1S/C22H25F3N4O3/c1-21(31,14-5-6-14)12-27-20(30)17-11-26-19(29(2)15-7-8-15)18(28-17)13-3-9-16(10-4-13)32-22(23,24)25/h3-4,9-11,14-15,31H,5-8,12H2,1-2H3,(H,27,30)/t21-/m0/s1. The number of carbonyl (C=O) groups excluding carboxylic acids is 1. The number of hydrogen-bond acceptors (Lipinski definition) is 6. The highest BCUT2D eigenvalue weighted by Gasteiger charge is 2.40. The molecule has 7 nitrogen and oxygen atoms in total. The van der Waals surface area contributed by atoms with Gasteiger partial charge in [-0.2, -0.15) is 0 Å². The van der Waals surface area contributed by atoms with Crippen molar-refractivity contribution >= 4 is 11.7 Å². The molecular weight excluding hydrogens is 425 g/mol. The Morgan fingerprint density at radius 2 is 1.88 bits per heavy atom. The molecule has 0 spiro atoms. The average molecular weight is 450 g/mol. The second kappa shape index (κ2) is 8.23. The van der Waals surface area contributed by atoms with Gasteiger partial charge >= 0.3 is 6.36 Å². The number of nitrogens with one attached hydrogen (secondary N) is 1. The van der Waals surface area contributed by atoms with Crippen molar-refractivity contribution in [2.75, 3.05) is 18.5 Å². The van der Waals surface area contributed by atoms with E-state index < -0.39 is 17.9 Å². The summed E-state index contributed by atoms with van der Waals surface area (Å²) in [4.78, 5) is 23.6. The van der Waals surface area contributed by atoms with Gasteiger partial charge in [0.15, 0.2) is 5.82 Å². The van der Waals surface area contributed by atoms with E-state index in [0.29, 0.717) is 23.1 Å². The van der Waals surface area contributed by atoms with Gasteiger partial charge in [0, 0.05) is 25.2 Å². The molecule has 0 radical (unpaired) electrons. The Bertz CT molecular complexity index is 987. The number of carbonyl (C=O) groups is 1. The Balaban J connectivity index is 1.59. The quantitative estimate of drug-likeness (QED) is 0.640. The zero-order valence-electron chi connectivity index (χ0n) is 17.8. The minimum absolute atomic E-state index is 0.0650. The number of benzene rings is 1. The highest BCUT2D eigenvalue weighted by Crippen LogP contribution is 2.39. The highest BCUT2D eigenvalue weighted by atomic mass is 19.4. The molecule has 0 aliphatic heterocycles. The van der Waals surface area contributed by atoms with Crippen molar-refractivity contribution in [3.05, 3.63) is 36.2 Å². The van der Waals surface area contributed by atoms with Gasteiger partial charge < -0.3 is 20.1 Å². The Kier molecular flexibility index (Phi) is 5.74. The summed E-state index contributed by atoms with van der Waals surface area (Å²) in [5.41, 5.74) is -0.0179. The van der Waals surface area contributed by atoms with Gasteiger partial charge in [0.25, 0.3) is 5.91 Å². The molecule has 2 fully saturated rings. The lowest BCUT2D eigenvalue weighted by Crippen LogP contribution is -2.42. The van der Waals surface area contributed by atoms with Crippen LogP contribution in [0.15, 0.2) is 30.5 Å². The third-order valence-corrected chi connectivity index (χ3v) is 5.84. The third kappa shape index (κ3) is 5.29. The molecule has 1 heterocycles. The summed E-state index contributed by atoms with van der Waals surface area (Å²) in [7, 11) is 1.87. The van der Waals surface area contributed by atoms with E-state index in [2.05, 4.69) is 20.0 Å². The van der Waals surface area contributed by atoms with Crippen molar-refractivity contribution in [2.45, 2.75) is 50.6 Å². The predicted octanol–water partition coefficient (Wildman–Crippen LogP) is 3.53. The van der Waals surface area contributed by atoms with Crippen LogP contribution in [0, 0.1) is 5.92 Å². The van der Waals surface area contributed by atoms with Crippen LogP contribution in [-0.4, -0.2) is 52.6 Å². The molecule has 1 aromatic carbocycles. The van der Waals surface area contributed by atoms with Crippen LogP contribution in [0.2, 0.25) is 0 Å². The molecule has 2 saturated carbocycles. The molecule has 2 aromatic rings. The number of amides is 1. The van der Waals surface area contributed by atoms with E-state index in [0.717, 1.165) is 25.7 Å². The highest BCUT2D eigenvalue weighted by molar-refractivity contribution is 5.93. The van der Waals surface area contributed by atoms with Crippen molar-refractivity contribution in [1.82, 2.24) is 15.3 Å². The van der Waals surface area contributed by atoms with Crippen molar-refractivity contribution in [2.24, 2.45) is 5.92 Å². The Labute approximate surface area is 183 Å². The molecule has 2 aliphatic carbocycles. The molecule has 2 N–H and O–H groups in total. The van der Waals surface area contributed by atoms with E-state index in [4.69, 9.17) is 0 Å². The largest absolute Gasteiger partial charge is 0.573 e. The monoisotopic (exact) mass is 450 g/mol. The van der Waals surface area contributed by atoms with E-state index in [-0.39, 0.29) is 23.9 Å². The minimum atomic E-state index is -4.78. The zero-order chi connectivity index (χ0) is 23.1. The second-order valence-electron chi connectivity index (χ2n) is 8.66. The maximum atomic E-state index is 12.7. The summed E-state index contributed by atoms with van der Waals surface area (Å²) in [5.74, 6) is -0.102. The van der Waals surface area contributed by atoms with Gasteiger partial charge in [0.05, 0.1) is 11.8 Å². The lowest BCUT2D eigenvalue weighted by molar-refractivity contribution is -0.274. The Morgan fingerprint density at radius 3 is 2.44 bits per heavy atom. The van der Waals surface area contributed by atoms with Gasteiger partial charge in [-0.05, 0) is 62.8 Å². The van der Waals surface area contributed by atoms with Crippen LogP contribution < -0.4 is 15.0 Å². The molecule has 0 bridgehead atoms. The number of aliphatic hydroxyl groups is 1. The maximum Gasteiger partial charge on any atom is 0.573 e. The van der Waals surface area contributed by atoms with Crippen LogP contribution in [0.4, 0.5) is 19.0 Å². The molecule has 4 rings (SSSR count). The Hall–Kier alpha value is -2.88. The number of hydrogen-bond donors (Lipinski definition) is 2. The van der Waals surface area contributed by atoms with E-state index in [1.54, 1.807) is 6.92 Å². The van der Waals surface area contributed by atoms with Gasteiger partial charge in [-0.3, -0.25) is 4.79 Å². The first-order chi connectivity index (χ1) is 15.0. The third-order valence-electron chi connectivity index (χ3n) is 5.84. The summed E-state index contributed by atoms with van der Waals surface area (Å²) < 4.78 is 41.3. The van der Waals surface area contributed by atoms with Crippen molar-refractivity contribution in [3.8, 4) is 17.0 Å². The molecule has 1 aromatic heterocycles.